The second-order valence-electron chi connectivity index (χ2n) is 4.63. The van der Waals surface area contributed by atoms with Crippen LogP contribution in [0.2, 0.25) is 0 Å². The smallest absolute Gasteiger partial charge is 0.00425 e. The molecule has 1 unspecified atom stereocenters. The molecule has 0 spiro atoms. The van der Waals surface area contributed by atoms with Crippen LogP contribution < -0.4 is 5.73 Å². The van der Waals surface area contributed by atoms with E-state index < -0.39 is 0 Å². The van der Waals surface area contributed by atoms with Gasteiger partial charge in [-0.3, -0.25) is 0 Å². The maximum absolute atomic E-state index is 5.51. The van der Waals surface area contributed by atoms with E-state index in [0.717, 1.165) is 24.8 Å². The van der Waals surface area contributed by atoms with Crippen molar-refractivity contribution in [3.05, 3.63) is 11.6 Å². The SMILES string of the molecule is NCC/C=C1/CCCC(C2CC2)C1. The third-order valence-corrected chi connectivity index (χ3v) is 3.49. The fraction of sp³-hybridized carbons (Fsp3) is 0.833. The van der Waals surface area contributed by atoms with Gasteiger partial charge in [-0.25, -0.2) is 0 Å². The van der Waals surface area contributed by atoms with Gasteiger partial charge >= 0.3 is 0 Å². The Balaban J connectivity index is 1.83. The van der Waals surface area contributed by atoms with E-state index in [9.17, 15) is 0 Å². The first-order valence-electron chi connectivity index (χ1n) is 5.78. The summed E-state index contributed by atoms with van der Waals surface area (Å²) in [7, 11) is 0. The maximum atomic E-state index is 5.51. The van der Waals surface area contributed by atoms with E-state index >= 15 is 0 Å². The Labute approximate surface area is 81.4 Å². The molecule has 2 fully saturated rings. The predicted octanol–water partition coefficient (Wildman–Crippen LogP) is 2.86. The molecule has 0 aliphatic heterocycles. The van der Waals surface area contributed by atoms with Crippen LogP contribution in [0.3, 0.4) is 0 Å². The van der Waals surface area contributed by atoms with Crippen molar-refractivity contribution in [1.82, 2.24) is 0 Å². The van der Waals surface area contributed by atoms with E-state index in [1.165, 1.54) is 38.5 Å². The summed E-state index contributed by atoms with van der Waals surface area (Å²) in [5.74, 6) is 2.14. The highest BCUT2D eigenvalue weighted by Gasteiger charge is 2.32. The van der Waals surface area contributed by atoms with Crippen molar-refractivity contribution in [2.75, 3.05) is 6.54 Å². The molecule has 0 heterocycles. The van der Waals surface area contributed by atoms with Crippen LogP contribution in [0.4, 0.5) is 0 Å². The van der Waals surface area contributed by atoms with E-state index in [2.05, 4.69) is 6.08 Å². The lowest BCUT2D eigenvalue weighted by molar-refractivity contribution is 0.373. The Hall–Kier alpha value is -0.300. The third-order valence-electron chi connectivity index (χ3n) is 3.49. The minimum absolute atomic E-state index is 0.817. The Bertz CT molecular complexity index is 191. The minimum Gasteiger partial charge on any atom is -0.330 e. The van der Waals surface area contributed by atoms with Crippen molar-refractivity contribution in [3.8, 4) is 0 Å². The molecule has 13 heavy (non-hydrogen) atoms. The normalized spacial score (nSPS) is 32.4. The van der Waals surface area contributed by atoms with Crippen LogP contribution in [0.1, 0.15) is 44.9 Å². The summed E-state index contributed by atoms with van der Waals surface area (Å²) in [4.78, 5) is 0. The molecule has 0 aromatic carbocycles. The lowest BCUT2D eigenvalue weighted by Gasteiger charge is -2.24. The van der Waals surface area contributed by atoms with Crippen molar-refractivity contribution < 1.29 is 0 Å². The van der Waals surface area contributed by atoms with Crippen molar-refractivity contribution in [2.24, 2.45) is 17.6 Å². The first kappa shape index (κ1) is 9.26. The third kappa shape index (κ3) is 2.57. The summed E-state index contributed by atoms with van der Waals surface area (Å²) in [6, 6.07) is 0. The summed E-state index contributed by atoms with van der Waals surface area (Å²) in [5.41, 5.74) is 7.21. The molecule has 0 bridgehead atoms. The fourth-order valence-electron chi connectivity index (χ4n) is 2.58. The first-order valence-corrected chi connectivity index (χ1v) is 5.78. The molecule has 0 radical (unpaired) electrons. The van der Waals surface area contributed by atoms with Gasteiger partial charge in [-0.1, -0.05) is 11.6 Å². The van der Waals surface area contributed by atoms with Crippen LogP contribution in [-0.4, -0.2) is 6.54 Å². The number of nitrogens with two attached hydrogens (primary N) is 1. The van der Waals surface area contributed by atoms with Crippen LogP contribution in [0.5, 0.6) is 0 Å². The van der Waals surface area contributed by atoms with Gasteiger partial charge in [-0.05, 0) is 63.3 Å². The van der Waals surface area contributed by atoms with Crippen molar-refractivity contribution in [3.63, 3.8) is 0 Å². The van der Waals surface area contributed by atoms with Crippen molar-refractivity contribution >= 4 is 0 Å². The lowest BCUT2D eigenvalue weighted by Crippen LogP contribution is -2.10. The summed E-state index contributed by atoms with van der Waals surface area (Å²) in [6.07, 6.45) is 12.2. The molecule has 2 aliphatic carbocycles. The Morgan fingerprint density at radius 2 is 2.08 bits per heavy atom. The zero-order valence-corrected chi connectivity index (χ0v) is 8.47. The van der Waals surface area contributed by atoms with Crippen LogP contribution in [-0.2, 0) is 0 Å². The highest BCUT2D eigenvalue weighted by atomic mass is 14.5. The summed E-state index contributed by atoms with van der Waals surface area (Å²) < 4.78 is 0. The zero-order valence-electron chi connectivity index (χ0n) is 8.47. The van der Waals surface area contributed by atoms with Gasteiger partial charge in [0.2, 0.25) is 0 Å². The van der Waals surface area contributed by atoms with Gasteiger partial charge in [0, 0.05) is 0 Å². The number of hydrogen-bond acceptors (Lipinski definition) is 1. The number of allylic oxidation sites excluding steroid dienone is 1. The molecule has 0 aromatic heterocycles. The van der Waals surface area contributed by atoms with E-state index in [-0.39, 0.29) is 0 Å². The second kappa shape index (κ2) is 4.28. The quantitative estimate of drug-likeness (QED) is 0.662. The van der Waals surface area contributed by atoms with Crippen molar-refractivity contribution in [2.45, 2.75) is 44.9 Å². The zero-order chi connectivity index (χ0) is 9.10. The standard InChI is InChI=1S/C12H21N/c13-8-2-4-10-3-1-5-12(9-10)11-6-7-11/h4,11-12H,1-3,5-9,13H2/b10-4-. The average molecular weight is 179 g/mol. The predicted molar refractivity (Wildman–Crippen MR) is 56.4 cm³/mol. The average Bonchev–Trinajstić information content (AvgIpc) is 2.98. The summed E-state index contributed by atoms with van der Waals surface area (Å²) in [6.45, 7) is 0.817. The number of hydrogen-bond donors (Lipinski definition) is 1. The van der Waals surface area contributed by atoms with E-state index in [1.54, 1.807) is 5.57 Å². The largest absolute Gasteiger partial charge is 0.330 e. The highest BCUT2D eigenvalue weighted by molar-refractivity contribution is 5.07. The Kier molecular flexibility index (Phi) is 3.05. The summed E-state index contributed by atoms with van der Waals surface area (Å²) in [5, 5.41) is 0. The van der Waals surface area contributed by atoms with E-state index in [0.29, 0.717) is 0 Å². The topological polar surface area (TPSA) is 26.0 Å². The molecule has 0 saturated heterocycles. The van der Waals surface area contributed by atoms with E-state index in [4.69, 9.17) is 5.73 Å². The van der Waals surface area contributed by atoms with Gasteiger partial charge < -0.3 is 5.73 Å². The van der Waals surface area contributed by atoms with Gasteiger partial charge in [0.1, 0.15) is 0 Å². The van der Waals surface area contributed by atoms with Crippen LogP contribution in [0.25, 0.3) is 0 Å². The molecule has 0 amide bonds. The first-order chi connectivity index (χ1) is 6.40. The van der Waals surface area contributed by atoms with Gasteiger partial charge in [-0.2, -0.15) is 0 Å². The van der Waals surface area contributed by atoms with Gasteiger partial charge in [0.25, 0.3) is 0 Å². The molecule has 1 heteroatoms. The second-order valence-corrected chi connectivity index (χ2v) is 4.63. The Morgan fingerprint density at radius 3 is 2.77 bits per heavy atom. The maximum Gasteiger partial charge on any atom is -0.00425 e. The molecule has 2 rings (SSSR count). The van der Waals surface area contributed by atoms with Crippen LogP contribution >= 0.6 is 0 Å². The van der Waals surface area contributed by atoms with Crippen LogP contribution in [0.15, 0.2) is 11.6 Å². The molecule has 1 atom stereocenters. The Morgan fingerprint density at radius 1 is 1.23 bits per heavy atom. The minimum atomic E-state index is 0.817. The van der Waals surface area contributed by atoms with Gasteiger partial charge in [0.05, 0.1) is 0 Å². The lowest BCUT2D eigenvalue weighted by atomic mass is 9.82. The molecule has 1 nitrogen and oxygen atoms in total. The molecule has 74 valence electrons. The summed E-state index contributed by atoms with van der Waals surface area (Å²) >= 11 is 0. The molecular weight excluding hydrogens is 158 g/mol. The van der Waals surface area contributed by atoms with Crippen LogP contribution in [0, 0.1) is 11.8 Å². The molecule has 2 saturated carbocycles. The van der Waals surface area contributed by atoms with Gasteiger partial charge in [-0.15, -0.1) is 0 Å². The molecule has 0 aromatic rings. The molecule has 2 N–H and O–H groups in total. The fourth-order valence-corrected chi connectivity index (χ4v) is 2.58. The molecule has 2 aliphatic rings. The number of rotatable bonds is 3. The highest BCUT2D eigenvalue weighted by Crippen LogP contribution is 2.45. The molecular formula is C12H21N. The van der Waals surface area contributed by atoms with Crippen molar-refractivity contribution in [1.29, 1.82) is 0 Å². The van der Waals surface area contributed by atoms with E-state index in [1.807, 2.05) is 0 Å². The monoisotopic (exact) mass is 179 g/mol. The van der Waals surface area contributed by atoms with Gasteiger partial charge in [0.15, 0.2) is 0 Å².